The van der Waals surface area contributed by atoms with E-state index in [0.29, 0.717) is 41.4 Å². The number of Topliss-reactive ketones (excluding diaryl/α,β-unsaturated/α-hetero) is 1. The summed E-state index contributed by atoms with van der Waals surface area (Å²) in [6.45, 7) is 11.0. The van der Waals surface area contributed by atoms with E-state index in [0.717, 1.165) is 30.1 Å². The highest BCUT2D eigenvalue weighted by Crippen LogP contribution is 2.29. The van der Waals surface area contributed by atoms with Gasteiger partial charge in [0.1, 0.15) is 0 Å². The number of carbonyl (C=O) groups excluding carboxylic acids is 1. The van der Waals surface area contributed by atoms with Gasteiger partial charge in [-0.2, -0.15) is 9.97 Å². The smallest absolute Gasteiger partial charge is 0.233 e. The third-order valence-corrected chi connectivity index (χ3v) is 7.19. The van der Waals surface area contributed by atoms with Crippen LogP contribution in [0.1, 0.15) is 39.0 Å². The second kappa shape index (κ2) is 9.11. The first-order valence-electron chi connectivity index (χ1n) is 11.3. The molecule has 0 bridgehead atoms. The van der Waals surface area contributed by atoms with Gasteiger partial charge in [-0.25, -0.2) is 9.97 Å². The van der Waals surface area contributed by atoms with Gasteiger partial charge in [0.2, 0.25) is 5.95 Å². The van der Waals surface area contributed by atoms with Crippen molar-refractivity contribution in [3.8, 4) is 0 Å². The molecule has 1 aliphatic rings. The molecule has 4 aromatic rings. The Morgan fingerprint density at radius 1 is 1.12 bits per heavy atom. The van der Waals surface area contributed by atoms with Crippen molar-refractivity contribution in [2.45, 2.75) is 34.2 Å². The number of ketones is 1. The van der Waals surface area contributed by atoms with Crippen LogP contribution in [0.15, 0.2) is 24.5 Å². The van der Waals surface area contributed by atoms with Gasteiger partial charge in [0.05, 0.1) is 36.7 Å². The lowest BCUT2D eigenvalue weighted by molar-refractivity contribution is 0.102. The Bertz CT molecular complexity index is 1370. The number of hydrogen-bond acceptors (Lipinski definition) is 9. The van der Waals surface area contributed by atoms with Crippen LogP contribution >= 0.6 is 11.3 Å². The number of nitrogens with one attached hydrogen (secondary N) is 1. The molecule has 4 heterocycles. The highest BCUT2D eigenvalue weighted by atomic mass is 32.1. The first-order valence-corrected chi connectivity index (χ1v) is 12.1. The molecule has 1 N–H and O–H groups in total. The summed E-state index contributed by atoms with van der Waals surface area (Å²) in [6, 6.07) is 6.48. The predicted octanol–water partition coefficient (Wildman–Crippen LogP) is 4.04. The van der Waals surface area contributed by atoms with E-state index in [2.05, 4.69) is 52.2 Å². The lowest BCUT2D eigenvalue weighted by atomic mass is 10.1. The molecular formula is C24H27N7O2S. The van der Waals surface area contributed by atoms with Gasteiger partial charge in [0.15, 0.2) is 27.9 Å². The number of imidazole rings is 1. The van der Waals surface area contributed by atoms with Crippen LogP contribution in [0.5, 0.6) is 0 Å². The summed E-state index contributed by atoms with van der Waals surface area (Å²) >= 11 is 1.31. The highest BCUT2D eigenvalue weighted by Gasteiger charge is 2.21. The molecule has 1 aromatic carbocycles. The van der Waals surface area contributed by atoms with Gasteiger partial charge < -0.3 is 14.2 Å². The zero-order chi connectivity index (χ0) is 23.8. The molecule has 176 valence electrons. The number of thiazole rings is 1. The topological polar surface area (TPSA) is 98.1 Å². The summed E-state index contributed by atoms with van der Waals surface area (Å²) in [5, 5.41) is 3.82. The fourth-order valence-electron chi connectivity index (χ4n) is 4.07. The molecule has 1 saturated heterocycles. The molecule has 0 aliphatic carbocycles. The summed E-state index contributed by atoms with van der Waals surface area (Å²) in [7, 11) is 0. The molecule has 0 atom stereocenters. The molecular weight excluding hydrogens is 450 g/mol. The van der Waals surface area contributed by atoms with E-state index in [1.165, 1.54) is 28.0 Å². The van der Waals surface area contributed by atoms with Crippen molar-refractivity contribution >= 4 is 45.2 Å². The number of morpholine rings is 1. The number of fused-ring (bicyclic) bond motifs is 1. The summed E-state index contributed by atoms with van der Waals surface area (Å²) in [5.41, 5.74) is 5.92. The first kappa shape index (κ1) is 22.4. The molecule has 0 unspecified atom stereocenters. The largest absolute Gasteiger partial charge is 0.378 e. The van der Waals surface area contributed by atoms with Crippen LogP contribution < -0.4 is 10.2 Å². The Balaban J connectivity index is 1.56. The second-order valence-electron chi connectivity index (χ2n) is 8.55. The zero-order valence-corrected chi connectivity index (χ0v) is 20.6. The van der Waals surface area contributed by atoms with Crippen LogP contribution in [0.2, 0.25) is 0 Å². The maximum absolute atomic E-state index is 11.9. The van der Waals surface area contributed by atoms with E-state index < -0.39 is 0 Å². The van der Waals surface area contributed by atoms with E-state index in [-0.39, 0.29) is 5.78 Å². The number of anilines is 3. The van der Waals surface area contributed by atoms with Gasteiger partial charge in [-0.3, -0.25) is 10.1 Å². The van der Waals surface area contributed by atoms with Crippen molar-refractivity contribution < 1.29 is 9.53 Å². The van der Waals surface area contributed by atoms with Crippen molar-refractivity contribution in [2.75, 3.05) is 36.5 Å². The monoisotopic (exact) mass is 477 g/mol. The molecule has 0 saturated carbocycles. The molecule has 9 nitrogen and oxygen atoms in total. The second-order valence-corrected chi connectivity index (χ2v) is 9.55. The number of carbonyl (C=O) groups is 1. The quantitative estimate of drug-likeness (QED) is 0.416. The van der Waals surface area contributed by atoms with Gasteiger partial charge in [-0.1, -0.05) is 29.5 Å². The van der Waals surface area contributed by atoms with Crippen LogP contribution in [0, 0.1) is 20.8 Å². The average Bonchev–Trinajstić information content (AvgIpc) is 3.39. The average molecular weight is 478 g/mol. The van der Waals surface area contributed by atoms with E-state index in [1.807, 2.05) is 17.8 Å². The standard InChI is InChI=1S/C24H27N7O2S/c1-14-5-6-18(11-15(14)2)12-31-13-25-19-21(30-7-9-33-10-8-30)27-23(28-22(19)31)29-24-26-16(3)20(34-24)17(4)32/h5-6,11,13H,7-10,12H2,1-4H3,(H,26,27,28,29). The summed E-state index contributed by atoms with van der Waals surface area (Å²) in [6.07, 6.45) is 1.82. The van der Waals surface area contributed by atoms with Crippen molar-refractivity contribution in [3.05, 3.63) is 51.8 Å². The van der Waals surface area contributed by atoms with Crippen LogP contribution in [0.25, 0.3) is 11.2 Å². The fourth-order valence-corrected chi connectivity index (χ4v) is 4.92. The van der Waals surface area contributed by atoms with Crippen molar-refractivity contribution in [1.82, 2.24) is 24.5 Å². The number of hydrogen-bond donors (Lipinski definition) is 1. The van der Waals surface area contributed by atoms with E-state index in [1.54, 1.807) is 6.92 Å². The van der Waals surface area contributed by atoms with E-state index in [4.69, 9.17) is 14.7 Å². The van der Waals surface area contributed by atoms with Crippen molar-refractivity contribution in [2.24, 2.45) is 0 Å². The van der Waals surface area contributed by atoms with Crippen LogP contribution in [0.4, 0.5) is 16.9 Å². The number of nitrogens with zero attached hydrogens (tertiary/aromatic N) is 6. The molecule has 34 heavy (non-hydrogen) atoms. The summed E-state index contributed by atoms with van der Waals surface area (Å²) in [5.74, 6) is 1.20. The minimum Gasteiger partial charge on any atom is -0.378 e. The number of aromatic nitrogens is 5. The van der Waals surface area contributed by atoms with Gasteiger partial charge in [-0.05, 0) is 37.5 Å². The van der Waals surface area contributed by atoms with Crippen LogP contribution in [0.3, 0.4) is 0 Å². The molecule has 0 amide bonds. The van der Waals surface area contributed by atoms with Crippen LogP contribution in [-0.2, 0) is 11.3 Å². The molecule has 10 heteroatoms. The van der Waals surface area contributed by atoms with E-state index >= 15 is 0 Å². The number of benzene rings is 1. The number of aryl methyl sites for hydroxylation is 3. The summed E-state index contributed by atoms with van der Waals surface area (Å²) in [4.78, 5) is 33.5. The van der Waals surface area contributed by atoms with Crippen molar-refractivity contribution in [3.63, 3.8) is 0 Å². The molecule has 1 aliphatic heterocycles. The molecule has 3 aromatic heterocycles. The Labute approximate surface area is 201 Å². The number of ether oxygens (including phenoxy) is 1. The minimum absolute atomic E-state index is 0.0000982. The number of rotatable bonds is 6. The molecule has 5 rings (SSSR count). The van der Waals surface area contributed by atoms with Crippen molar-refractivity contribution in [1.29, 1.82) is 0 Å². The molecule has 0 spiro atoms. The maximum Gasteiger partial charge on any atom is 0.233 e. The summed E-state index contributed by atoms with van der Waals surface area (Å²) < 4.78 is 7.58. The normalized spacial score (nSPS) is 14.1. The molecule has 0 radical (unpaired) electrons. The Kier molecular flexibility index (Phi) is 6.01. The highest BCUT2D eigenvalue weighted by molar-refractivity contribution is 7.17. The third-order valence-electron chi connectivity index (χ3n) is 6.02. The molecule has 1 fully saturated rings. The fraction of sp³-hybridized carbons (Fsp3) is 0.375. The van der Waals surface area contributed by atoms with Crippen LogP contribution in [-0.4, -0.2) is 56.6 Å². The van der Waals surface area contributed by atoms with Gasteiger partial charge in [-0.15, -0.1) is 0 Å². The lowest BCUT2D eigenvalue weighted by Gasteiger charge is -2.28. The first-order chi connectivity index (χ1) is 16.4. The van der Waals surface area contributed by atoms with E-state index in [9.17, 15) is 4.79 Å². The van der Waals surface area contributed by atoms with Gasteiger partial charge in [0.25, 0.3) is 0 Å². The Hall–Kier alpha value is -3.37. The third kappa shape index (κ3) is 4.38. The zero-order valence-electron chi connectivity index (χ0n) is 19.8. The van der Waals surface area contributed by atoms with Gasteiger partial charge >= 0.3 is 0 Å². The Morgan fingerprint density at radius 3 is 2.62 bits per heavy atom. The Morgan fingerprint density at radius 2 is 1.91 bits per heavy atom. The lowest BCUT2D eigenvalue weighted by Crippen LogP contribution is -2.37. The predicted molar refractivity (Wildman–Crippen MR) is 134 cm³/mol. The van der Waals surface area contributed by atoms with Gasteiger partial charge in [0, 0.05) is 20.0 Å². The SMILES string of the molecule is CC(=O)c1sc(Nc2nc(N3CCOCC3)c3ncn(Cc4ccc(C)c(C)c4)c3n2)nc1C. The minimum atomic E-state index is -0.0000982. The maximum atomic E-state index is 11.9.